The number of carbonyl (C=O) groups is 1. The molecule has 0 radical (unpaired) electrons. The number of rotatable bonds is 5. The second-order valence-corrected chi connectivity index (χ2v) is 8.65. The van der Waals surface area contributed by atoms with Crippen molar-refractivity contribution in [1.29, 1.82) is 0 Å². The summed E-state index contributed by atoms with van der Waals surface area (Å²) in [5.74, 6) is -0.107. The minimum absolute atomic E-state index is 0.0789. The van der Waals surface area contributed by atoms with E-state index in [4.69, 9.17) is 0 Å². The molecule has 1 saturated heterocycles. The van der Waals surface area contributed by atoms with Gasteiger partial charge >= 0.3 is 0 Å². The summed E-state index contributed by atoms with van der Waals surface area (Å²) in [6, 6.07) is 15.9. The molecule has 30 heavy (non-hydrogen) atoms. The van der Waals surface area contributed by atoms with Crippen molar-refractivity contribution in [2.45, 2.75) is 37.9 Å². The molecule has 0 spiro atoms. The second-order valence-electron chi connectivity index (χ2n) is 8.65. The number of anilines is 1. The molecule has 1 N–H and O–H groups in total. The first-order valence-electron chi connectivity index (χ1n) is 10.7. The molecule has 0 unspecified atom stereocenters. The highest BCUT2D eigenvalue weighted by Crippen LogP contribution is 2.38. The molecule has 156 valence electrons. The predicted octanol–water partition coefficient (Wildman–Crippen LogP) is 2.74. The van der Waals surface area contributed by atoms with Gasteiger partial charge in [0.15, 0.2) is 0 Å². The van der Waals surface area contributed by atoms with Crippen LogP contribution in [0.1, 0.15) is 24.0 Å². The van der Waals surface area contributed by atoms with Gasteiger partial charge in [-0.1, -0.05) is 30.3 Å². The smallest absolute Gasteiger partial charge is 0.269 e. The van der Waals surface area contributed by atoms with E-state index in [9.17, 15) is 14.9 Å². The monoisotopic (exact) mass is 406 g/mol. The highest BCUT2D eigenvalue weighted by Gasteiger charge is 2.42. The Hall–Kier alpha value is -2.93. The first-order valence-corrected chi connectivity index (χ1v) is 10.7. The molecule has 1 amide bonds. The highest BCUT2D eigenvalue weighted by molar-refractivity contribution is 5.82. The molecule has 2 fully saturated rings. The van der Waals surface area contributed by atoms with Gasteiger partial charge in [0.05, 0.1) is 16.9 Å². The minimum Gasteiger partial charge on any atom is -0.365 e. The number of nitro benzene ring substituents is 1. The standard InChI is InChI=1S/C23H26N4O3/c28-23(24-18-6-7-18)20-13-17-12-19(27(29)30)8-9-21(17)26-11-10-25(15-22(20)26)14-16-4-2-1-3-5-16/h1-5,8-9,12,18,20,22H,6-7,10-11,13-15H2,(H,24,28)/t20-,22+/m0/s1. The first-order chi connectivity index (χ1) is 14.6. The number of non-ortho nitro benzene ring substituents is 1. The van der Waals surface area contributed by atoms with Crippen LogP contribution in [0.15, 0.2) is 48.5 Å². The SMILES string of the molecule is O=C(NC1CC1)[C@H]1Cc2cc([N+](=O)[O-])ccc2N2CCN(Cc3ccccc3)C[C@H]12. The maximum Gasteiger partial charge on any atom is 0.269 e. The lowest BCUT2D eigenvalue weighted by atomic mass is 9.83. The Morgan fingerprint density at radius 1 is 1.13 bits per heavy atom. The zero-order valence-electron chi connectivity index (χ0n) is 16.9. The van der Waals surface area contributed by atoms with Crippen LogP contribution in [0, 0.1) is 16.0 Å². The van der Waals surface area contributed by atoms with E-state index in [0.29, 0.717) is 12.5 Å². The van der Waals surface area contributed by atoms with E-state index in [-0.39, 0.29) is 28.5 Å². The predicted molar refractivity (Wildman–Crippen MR) is 114 cm³/mol. The van der Waals surface area contributed by atoms with Crippen LogP contribution in [0.5, 0.6) is 0 Å². The van der Waals surface area contributed by atoms with Crippen molar-refractivity contribution in [3.63, 3.8) is 0 Å². The van der Waals surface area contributed by atoms with E-state index in [0.717, 1.165) is 50.3 Å². The number of hydrogen-bond donors (Lipinski definition) is 1. The van der Waals surface area contributed by atoms with Gasteiger partial charge in [-0.05, 0) is 36.5 Å². The van der Waals surface area contributed by atoms with Gasteiger partial charge in [-0.25, -0.2) is 0 Å². The third-order valence-electron chi connectivity index (χ3n) is 6.50. The van der Waals surface area contributed by atoms with Crippen molar-refractivity contribution in [2.75, 3.05) is 24.5 Å². The number of benzene rings is 2. The number of nitrogens with zero attached hydrogens (tertiary/aromatic N) is 3. The molecule has 5 rings (SSSR count). The molecule has 2 aliphatic heterocycles. The van der Waals surface area contributed by atoms with E-state index in [1.165, 1.54) is 5.56 Å². The summed E-state index contributed by atoms with van der Waals surface area (Å²) in [4.78, 5) is 28.7. The molecule has 0 aromatic heterocycles. The number of nitro groups is 1. The highest BCUT2D eigenvalue weighted by atomic mass is 16.6. The topological polar surface area (TPSA) is 78.7 Å². The normalized spacial score (nSPS) is 23.4. The summed E-state index contributed by atoms with van der Waals surface area (Å²) in [7, 11) is 0. The molecule has 3 aliphatic rings. The molecular weight excluding hydrogens is 380 g/mol. The average Bonchev–Trinajstić information content (AvgIpc) is 3.57. The number of carbonyl (C=O) groups excluding carboxylic acids is 1. The fourth-order valence-corrected chi connectivity index (χ4v) is 4.80. The Balaban J connectivity index is 1.42. The van der Waals surface area contributed by atoms with Crippen molar-refractivity contribution >= 4 is 17.3 Å². The van der Waals surface area contributed by atoms with Gasteiger partial charge in [0.2, 0.25) is 5.91 Å². The van der Waals surface area contributed by atoms with Gasteiger partial charge in [-0.2, -0.15) is 0 Å². The Morgan fingerprint density at radius 3 is 2.67 bits per heavy atom. The molecule has 2 aromatic rings. The Labute approximate surface area is 175 Å². The van der Waals surface area contributed by atoms with E-state index < -0.39 is 0 Å². The number of piperazine rings is 1. The summed E-state index contributed by atoms with van der Waals surface area (Å²) in [6.45, 7) is 3.40. The maximum atomic E-state index is 13.1. The average molecular weight is 406 g/mol. The summed E-state index contributed by atoms with van der Waals surface area (Å²) in [6.07, 6.45) is 2.65. The van der Waals surface area contributed by atoms with Crippen LogP contribution in [0.2, 0.25) is 0 Å². The van der Waals surface area contributed by atoms with E-state index in [2.05, 4.69) is 39.4 Å². The van der Waals surface area contributed by atoms with Crippen LogP contribution >= 0.6 is 0 Å². The summed E-state index contributed by atoms with van der Waals surface area (Å²) >= 11 is 0. The summed E-state index contributed by atoms with van der Waals surface area (Å²) in [5, 5.41) is 14.4. The van der Waals surface area contributed by atoms with E-state index >= 15 is 0 Å². The second kappa shape index (κ2) is 7.72. The summed E-state index contributed by atoms with van der Waals surface area (Å²) in [5.41, 5.74) is 3.32. The lowest BCUT2D eigenvalue weighted by Gasteiger charge is -2.49. The van der Waals surface area contributed by atoms with Crippen LogP contribution < -0.4 is 10.2 Å². The quantitative estimate of drug-likeness (QED) is 0.610. The lowest BCUT2D eigenvalue weighted by molar-refractivity contribution is -0.384. The van der Waals surface area contributed by atoms with Gasteiger partial charge in [0, 0.05) is 50.0 Å². The third-order valence-corrected chi connectivity index (χ3v) is 6.50. The maximum absolute atomic E-state index is 13.1. The van der Waals surface area contributed by atoms with Crippen molar-refractivity contribution in [3.8, 4) is 0 Å². The fourth-order valence-electron chi connectivity index (χ4n) is 4.80. The molecule has 1 saturated carbocycles. The largest absolute Gasteiger partial charge is 0.365 e. The van der Waals surface area contributed by atoms with Crippen LogP contribution in [0.4, 0.5) is 11.4 Å². The number of fused-ring (bicyclic) bond motifs is 3. The zero-order chi connectivity index (χ0) is 20.7. The Kier molecular flexibility index (Phi) is 4.90. The third kappa shape index (κ3) is 3.77. The molecule has 7 nitrogen and oxygen atoms in total. The van der Waals surface area contributed by atoms with Gasteiger partial charge < -0.3 is 10.2 Å². The molecule has 7 heteroatoms. The van der Waals surface area contributed by atoms with Gasteiger partial charge in [-0.15, -0.1) is 0 Å². The lowest BCUT2D eigenvalue weighted by Crippen LogP contribution is -2.61. The van der Waals surface area contributed by atoms with Crippen molar-refractivity contribution in [1.82, 2.24) is 10.2 Å². The van der Waals surface area contributed by atoms with Gasteiger partial charge in [-0.3, -0.25) is 19.8 Å². The molecule has 2 heterocycles. The molecule has 1 aliphatic carbocycles. The Morgan fingerprint density at radius 2 is 1.93 bits per heavy atom. The van der Waals surface area contributed by atoms with Crippen LogP contribution in [0.3, 0.4) is 0 Å². The summed E-state index contributed by atoms with van der Waals surface area (Å²) < 4.78 is 0. The molecular formula is C23H26N4O3. The molecule has 2 atom stereocenters. The van der Waals surface area contributed by atoms with Crippen LogP contribution in [0.25, 0.3) is 0 Å². The van der Waals surface area contributed by atoms with Crippen LogP contribution in [-0.2, 0) is 17.8 Å². The fraction of sp³-hybridized carbons (Fsp3) is 0.435. The van der Waals surface area contributed by atoms with Gasteiger partial charge in [0.1, 0.15) is 0 Å². The van der Waals surface area contributed by atoms with Gasteiger partial charge in [0.25, 0.3) is 5.69 Å². The number of nitrogens with one attached hydrogen (secondary N) is 1. The Bertz CT molecular complexity index is 960. The molecule has 0 bridgehead atoms. The van der Waals surface area contributed by atoms with Crippen molar-refractivity contribution in [2.24, 2.45) is 5.92 Å². The van der Waals surface area contributed by atoms with E-state index in [1.54, 1.807) is 12.1 Å². The zero-order valence-corrected chi connectivity index (χ0v) is 16.9. The van der Waals surface area contributed by atoms with E-state index in [1.807, 2.05) is 12.1 Å². The number of hydrogen-bond acceptors (Lipinski definition) is 5. The van der Waals surface area contributed by atoms with Crippen LogP contribution in [-0.4, -0.2) is 47.4 Å². The number of amides is 1. The minimum atomic E-state index is -0.358. The van der Waals surface area contributed by atoms with Crippen molar-refractivity contribution in [3.05, 3.63) is 69.8 Å². The molecule has 2 aromatic carbocycles. The first kappa shape index (κ1) is 19.1. The van der Waals surface area contributed by atoms with Crippen molar-refractivity contribution < 1.29 is 9.72 Å².